The summed E-state index contributed by atoms with van der Waals surface area (Å²) in [5, 5.41) is 6.96. The molecule has 0 saturated heterocycles. The van der Waals surface area contributed by atoms with Crippen molar-refractivity contribution >= 4 is 11.0 Å². The van der Waals surface area contributed by atoms with Gasteiger partial charge in [-0.05, 0) is 18.6 Å². The Labute approximate surface area is 69.8 Å². The van der Waals surface area contributed by atoms with Gasteiger partial charge in [0, 0.05) is 12.7 Å². The van der Waals surface area contributed by atoms with Crippen LogP contribution in [0, 0.1) is 6.92 Å². The maximum Gasteiger partial charge on any atom is 0.111 e. The number of aromatic amines is 1. The Bertz CT molecular complexity index is 404. The Hall–Kier alpha value is -1.42. The summed E-state index contributed by atoms with van der Waals surface area (Å²) in [6.07, 6.45) is 1.78. The molecule has 0 amide bonds. The Morgan fingerprint density at radius 1 is 1.58 bits per heavy atom. The van der Waals surface area contributed by atoms with Crippen LogP contribution in [0.5, 0.6) is 0 Å². The van der Waals surface area contributed by atoms with Gasteiger partial charge in [-0.3, -0.25) is 10.1 Å². The highest BCUT2D eigenvalue weighted by Gasteiger charge is 2.02. The lowest BCUT2D eigenvalue weighted by Crippen LogP contribution is -1.96. The molecule has 2 rings (SSSR count). The minimum Gasteiger partial charge on any atom is -0.326 e. The van der Waals surface area contributed by atoms with Gasteiger partial charge in [0.1, 0.15) is 11.0 Å². The molecule has 0 saturated carbocycles. The van der Waals surface area contributed by atoms with Crippen molar-refractivity contribution in [2.45, 2.75) is 13.5 Å². The van der Waals surface area contributed by atoms with Crippen molar-refractivity contribution in [2.75, 3.05) is 0 Å². The van der Waals surface area contributed by atoms with Crippen LogP contribution in [0.25, 0.3) is 11.0 Å². The van der Waals surface area contributed by atoms with E-state index in [0.717, 1.165) is 22.3 Å². The molecule has 0 radical (unpaired) electrons. The van der Waals surface area contributed by atoms with Gasteiger partial charge >= 0.3 is 0 Å². The highest BCUT2D eigenvalue weighted by Crippen LogP contribution is 2.12. The number of nitrogens with zero attached hydrogens (tertiary/aromatic N) is 2. The summed E-state index contributed by atoms with van der Waals surface area (Å²) in [6, 6.07) is 1.95. The third-order valence-electron chi connectivity index (χ3n) is 1.86. The van der Waals surface area contributed by atoms with E-state index in [0.29, 0.717) is 6.54 Å². The molecule has 0 bridgehead atoms. The molecule has 2 heterocycles. The number of rotatable bonds is 1. The standard InChI is InChI=1S/C8H10N4/c1-5-8-7(12-11-5)2-6(3-9)4-10-8/h2,4H,3,9H2,1H3,(H,11,12). The van der Waals surface area contributed by atoms with Gasteiger partial charge in [-0.15, -0.1) is 0 Å². The predicted octanol–water partition coefficient (Wildman–Crippen LogP) is 0.725. The van der Waals surface area contributed by atoms with Crippen molar-refractivity contribution in [2.24, 2.45) is 5.73 Å². The van der Waals surface area contributed by atoms with Gasteiger partial charge in [0.15, 0.2) is 0 Å². The summed E-state index contributed by atoms with van der Waals surface area (Å²) in [7, 11) is 0. The summed E-state index contributed by atoms with van der Waals surface area (Å²) in [4.78, 5) is 4.24. The van der Waals surface area contributed by atoms with E-state index in [1.165, 1.54) is 0 Å². The zero-order chi connectivity index (χ0) is 8.55. The number of hydrogen-bond donors (Lipinski definition) is 2. The number of nitrogens with two attached hydrogens (primary N) is 1. The molecule has 4 heteroatoms. The van der Waals surface area contributed by atoms with Gasteiger partial charge in [0.05, 0.1) is 5.69 Å². The Morgan fingerprint density at radius 2 is 2.42 bits per heavy atom. The molecular formula is C8H10N4. The second-order valence-electron chi connectivity index (χ2n) is 2.76. The van der Waals surface area contributed by atoms with Crippen LogP contribution in [0.2, 0.25) is 0 Å². The van der Waals surface area contributed by atoms with Crippen molar-refractivity contribution in [1.82, 2.24) is 15.2 Å². The molecule has 2 aromatic heterocycles. The van der Waals surface area contributed by atoms with Gasteiger partial charge in [-0.25, -0.2) is 0 Å². The number of aromatic nitrogens is 3. The third kappa shape index (κ3) is 0.967. The summed E-state index contributed by atoms with van der Waals surface area (Å²) in [6.45, 7) is 2.46. The number of H-pyrrole nitrogens is 1. The highest BCUT2D eigenvalue weighted by atomic mass is 15.1. The smallest absolute Gasteiger partial charge is 0.111 e. The first-order valence-electron chi connectivity index (χ1n) is 3.81. The van der Waals surface area contributed by atoms with Gasteiger partial charge in [0.25, 0.3) is 0 Å². The fraction of sp³-hybridized carbons (Fsp3) is 0.250. The van der Waals surface area contributed by atoms with E-state index < -0.39 is 0 Å². The van der Waals surface area contributed by atoms with Crippen LogP contribution < -0.4 is 5.73 Å². The molecule has 0 aliphatic heterocycles. The fourth-order valence-corrected chi connectivity index (χ4v) is 1.18. The lowest BCUT2D eigenvalue weighted by Gasteiger charge is -1.93. The minimum absolute atomic E-state index is 0.509. The molecule has 4 nitrogen and oxygen atoms in total. The summed E-state index contributed by atoms with van der Waals surface area (Å²) in [5.74, 6) is 0. The minimum atomic E-state index is 0.509. The number of fused-ring (bicyclic) bond motifs is 1. The van der Waals surface area contributed by atoms with Crippen molar-refractivity contribution in [3.63, 3.8) is 0 Å². The Morgan fingerprint density at radius 3 is 3.17 bits per heavy atom. The molecular weight excluding hydrogens is 152 g/mol. The predicted molar refractivity (Wildman–Crippen MR) is 46.5 cm³/mol. The van der Waals surface area contributed by atoms with E-state index in [4.69, 9.17) is 5.73 Å². The van der Waals surface area contributed by atoms with Crippen LogP contribution in [-0.4, -0.2) is 15.2 Å². The molecule has 3 N–H and O–H groups in total. The van der Waals surface area contributed by atoms with Crippen molar-refractivity contribution in [3.8, 4) is 0 Å². The van der Waals surface area contributed by atoms with E-state index in [-0.39, 0.29) is 0 Å². The number of aryl methyl sites for hydroxylation is 1. The second kappa shape index (κ2) is 2.57. The molecule has 0 unspecified atom stereocenters. The van der Waals surface area contributed by atoms with Crippen LogP contribution in [0.4, 0.5) is 0 Å². The van der Waals surface area contributed by atoms with Crippen molar-refractivity contribution < 1.29 is 0 Å². The van der Waals surface area contributed by atoms with Crippen LogP contribution in [-0.2, 0) is 6.54 Å². The second-order valence-corrected chi connectivity index (χ2v) is 2.76. The quantitative estimate of drug-likeness (QED) is 0.649. The number of hydrogen-bond acceptors (Lipinski definition) is 3. The molecule has 0 fully saturated rings. The lowest BCUT2D eigenvalue weighted by molar-refractivity contribution is 1.05. The van der Waals surface area contributed by atoms with Crippen LogP contribution in [0.3, 0.4) is 0 Å². The zero-order valence-electron chi connectivity index (χ0n) is 6.83. The first kappa shape index (κ1) is 7.24. The molecule has 12 heavy (non-hydrogen) atoms. The topological polar surface area (TPSA) is 67.6 Å². The Balaban J connectivity index is 2.69. The van der Waals surface area contributed by atoms with E-state index in [2.05, 4.69) is 15.2 Å². The molecule has 2 aromatic rings. The SMILES string of the molecule is Cc1[nH]nc2cc(CN)cnc12. The summed E-state index contributed by atoms with van der Waals surface area (Å²) in [5.41, 5.74) is 9.28. The van der Waals surface area contributed by atoms with Gasteiger partial charge < -0.3 is 5.73 Å². The summed E-state index contributed by atoms with van der Waals surface area (Å²) < 4.78 is 0. The average molecular weight is 162 g/mol. The normalized spacial score (nSPS) is 10.8. The monoisotopic (exact) mass is 162 g/mol. The van der Waals surface area contributed by atoms with E-state index in [9.17, 15) is 0 Å². The average Bonchev–Trinajstić information content (AvgIpc) is 2.47. The fourth-order valence-electron chi connectivity index (χ4n) is 1.18. The van der Waals surface area contributed by atoms with E-state index >= 15 is 0 Å². The van der Waals surface area contributed by atoms with Crippen LogP contribution in [0.15, 0.2) is 12.3 Å². The molecule has 0 atom stereocenters. The first-order valence-corrected chi connectivity index (χ1v) is 3.81. The van der Waals surface area contributed by atoms with Gasteiger partial charge in [-0.2, -0.15) is 5.10 Å². The molecule has 0 spiro atoms. The summed E-state index contributed by atoms with van der Waals surface area (Å²) >= 11 is 0. The van der Waals surface area contributed by atoms with Crippen LogP contribution >= 0.6 is 0 Å². The lowest BCUT2D eigenvalue weighted by atomic mass is 10.2. The molecule has 0 aliphatic rings. The maximum atomic E-state index is 5.47. The van der Waals surface area contributed by atoms with Crippen LogP contribution in [0.1, 0.15) is 11.3 Å². The number of nitrogens with one attached hydrogen (secondary N) is 1. The number of pyridine rings is 1. The largest absolute Gasteiger partial charge is 0.326 e. The van der Waals surface area contributed by atoms with E-state index in [1.807, 2.05) is 13.0 Å². The third-order valence-corrected chi connectivity index (χ3v) is 1.86. The molecule has 0 aliphatic carbocycles. The van der Waals surface area contributed by atoms with Gasteiger partial charge in [0.2, 0.25) is 0 Å². The highest BCUT2D eigenvalue weighted by molar-refractivity contribution is 5.76. The van der Waals surface area contributed by atoms with Gasteiger partial charge in [-0.1, -0.05) is 0 Å². The Kier molecular flexibility index (Phi) is 1.55. The van der Waals surface area contributed by atoms with E-state index in [1.54, 1.807) is 6.20 Å². The van der Waals surface area contributed by atoms with Crippen molar-refractivity contribution in [3.05, 3.63) is 23.5 Å². The van der Waals surface area contributed by atoms with Crippen molar-refractivity contribution in [1.29, 1.82) is 0 Å². The molecule has 0 aromatic carbocycles. The maximum absolute atomic E-state index is 5.47. The molecule has 62 valence electrons. The zero-order valence-corrected chi connectivity index (χ0v) is 6.83. The first-order chi connectivity index (χ1) is 5.81.